The van der Waals surface area contributed by atoms with Gasteiger partial charge in [0, 0.05) is 13.2 Å². The Morgan fingerprint density at radius 3 is 2.50 bits per heavy atom. The topological polar surface area (TPSA) is 84.9 Å². The van der Waals surface area contributed by atoms with Crippen molar-refractivity contribution >= 4 is 17.6 Å². The number of rotatable bonds is 5. The number of methoxy groups -OCH3 is 2. The minimum absolute atomic E-state index is 0.00699. The van der Waals surface area contributed by atoms with Gasteiger partial charge in [-0.2, -0.15) is 0 Å². The fourth-order valence-electron chi connectivity index (χ4n) is 1.28. The molecule has 0 fully saturated rings. The average molecular weight is 253 g/mol. The van der Waals surface area contributed by atoms with Crippen molar-refractivity contribution in [3.8, 4) is 5.75 Å². The molecule has 0 bridgehead atoms. The zero-order chi connectivity index (χ0) is 13.7. The smallest absolute Gasteiger partial charge is 0.337 e. The maximum Gasteiger partial charge on any atom is 0.337 e. The van der Waals surface area contributed by atoms with Crippen LogP contribution >= 0.6 is 0 Å². The van der Waals surface area contributed by atoms with Crippen molar-refractivity contribution in [2.45, 2.75) is 13.0 Å². The number of ether oxygens (including phenoxy) is 2. The van der Waals surface area contributed by atoms with Gasteiger partial charge in [0.25, 0.3) is 5.91 Å². The molecular weight excluding hydrogens is 238 g/mol. The minimum atomic E-state index is -1.13. The highest BCUT2D eigenvalue weighted by Gasteiger charge is 2.17. The molecule has 0 aliphatic heterocycles. The number of anilines is 1. The molecular formula is C12H15NO5. The van der Waals surface area contributed by atoms with Crippen molar-refractivity contribution in [2.75, 3.05) is 19.5 Å². The second-order valence-electron chi connectivity index (χ2n) is 3.58. The Bertz CT molecular complexity index is 458. The van der Waals surface area contributed by atoms with Crippen molar-refractivity contribution in [2.24, 2.45) is 0 Å². The number of benzene rings is 1. The molecule has 0 aliphatic carbocycles. The van der Waals surface area contributed by atoms with E-state index >= 15 is 0 Å². The van der Waals surface area contributed by atoms with Crippen molar-refractivity contribution < 1.29 is 24.2 Å². The van der Waals surface area contributed by atoms with E-state index in [9.17, 15) is 9.59 Å². The number of hydrogen-bond donors (Lipinski definition) is 2. The largest absolute Gasteiger partial charge is 0.497 e. The normalized spacial score (nSPS) is 11.7. The lowest BCUT2D eigenvalue weighted by Gasteiger charge is -2.13. The van der Waals surface area contributed by atoms with Crippen LogP contribution in [0.5, 0.6) is 5.75 Å². The monoisotopic (exact) mass is 253 g/mol. The first-order valence-corrected chi connectivity index (χ1v) is 5.24. The van der Waals surface area contributed by atoms with Crippen LogP contribution in [0.2, 0.25) is 0 Å². The fraction of sp³-hybridized carbons (Fsp3) is 0.333. The Balaban J connectivity index is 3.04. The van der Waals surface area contributed by atoms with Gasteiger partial charge >= 0.3 is 5.97 Å². The summed E-state index contributed by atoms with van der Waals surface area (Å²) in [5.41, 5.74) is 0.170. The first kappa shape index (κ1) is 14.0. The molecule has 0 saturated heterocycles. The van der Waals surface area contributed by atoms with Gasteiger partial charge in [0.2, 0.25) is 0 Å². The van der Waals surface area contributed by atoms with Crippen molar-refractivity contribution in [1.82, 2.24) is 0 Å². The molecule has 1 aromatic carbocycles. The highest BCUT2D eigenvalue weighted by molar-refractivity contribution is 6.02. The maximum atomic E-state index is 11.6. The van der Waals surface area contributed by atoms with Crippen LogP contribution in [0.4, 0.5) is 5.69 Å². The number of aromatic carboxylic acids is 1. The molecule has 0 heterocycles. The molecule has 0 saturated carbocycles. The van der Waals surface area contributed by atoms with E-state index in [-0.39, 0.29) is 11.3 Å². The molecule has 0 aliphatic rings. The SMILES string of the molecule is COc1ccc(C(=O)O)c(NC(=O)C(C)OC)c1. The van der Waals surface area contributed by atoms with Gasteiger partial charge in [0.15, 0.2) is 0 Å². The number of amides is 1. The fourth-order valence-corrected chi connectivity index (χ4v) is 1.28. The molecule has 6 heteroatoms. The summed E-state index contributed by atoms with van der Waals surface area (Å²) >= 11 is 0. The van der Waals surface area contributed by atoms with E-state index in [0.29, 0.717) is 5.75 Å². The van der Waals surface area contributed by atoms with E-state index in [1.807, 2.05) is 0 Å². The molecule has 18 heavy (non-hydrogen) atoms. The molecule has 98 valence electrons. The minimum Gasteiger partial charge on any atom is -0.497 e. The summed E-state index contributed by atoms with van der Waals surface area (Å²) in [5, 5.41) is 11.5. The third kappa shape index (κ3) is 3.21. The van der Waals surface area contributed by atoms with E-state index in [0.717, 1.165) is 0 Å². The van der Waals surface area contributed by atoms with Crippen LogP contribution in [0.1, 0.15) is 17.3 Å². The van der Waals surface area contributed by atoms with Gasteiger partial charge in [0.05, 0.1) is 18.4 Å². The number of nitrogens with one attached hydrogen (secondary N) is 1. The number of carbonyl (C=O) groups is 2. The molecule has 1 atom stereocenters. The van der Waals surface area contributed by atoms with Gasteiger partial charge in [-0.3, -0.25) is 4.79 Å². The first-order valence-electron chi connectivity index (χ1n) is 5.24. The predicted molar refractivity (Wildman–Crippen MR) is 65.1 cm³/mol. The van der Waals surface area contributed by atoms with Gasteiger partial charge in [0.1, 0.15) is 11.9 Å². The Kier molecular flexibility index (Phi) is 4.67. The first-order chi connectivity index (χ1) is 8.49. The van der Waals surface area contributed by atoms with Crippen LogP contribution in [0.15, 0.2) is 18.2 Å². The maximum absolute atomic E-state index is 11.6. The number of carboxylic acids is 1. The zero-order valence-electron chi connectivity index (χ0n) is 10.4. The standard InChI is InChI=1S/C12H15NO5/c1-7(17-2)11(14)13-10-6-8(18-3)4-5-9(10)12(15)16/h4-7H,1-3H3,(H,13,14)(H,15,16). The van der Waals surface area contributed by atoms with Crippen molar-refractivity contribution in [3.05, 3.63) is 23.8 Å². The lowest BCUT2D eigenvalue weighted by atomic mass is 10.1. The van der Waals surface area contributed by atoms with Crippen LogP contribution in [-0.2, 0) is 9.53 Å². The second kappa shape index (κ2) is 6.02. The van der Waals surface area contributed by atoms with Crippen molar-refractivity contribution in [3.63, 3.8) is 0 Å². The van der Waals surface area contributed by atoms with Gasteiger partial charge in [-0.25, -0.2) is 4.79 Å². The Hall–Kier alpha value is -2.08. The third-order valence-electron chi connectivity index (χ3n) is 2.44. The van der Waals surface area contributed by atoms with E-state index in [4.69, 9.17) is 14.6 Å². The lowest BCUT2D eigenvalue weighted by Crippen LogP contribution is -2.27. The quantitative estimate of drug-likeness (QED) is 0.827. The molecule has 6 nitrogen and oxygen atoms in total. The van der Waals surface area contributed by atoms with Gasteiger partial charge in [-0.05, 0) is 19.1 Å². The van der Waals surface area contributed by atoms with Gasteiger partial charge < -0.3 is 19.9 Å². The second-order valence-corrected chi connectivity index (χ2v) is 3.58. The molecule has 2 N–H and O–H groups in total. The van der Waals surface area contributed by atoms with Gasteiger partial charge in [-0.15, -0.1) is 0 Å². The van der Waals surface area contributed by atoms with E-state index in [2.05, 4.69) is 5.32 Å². The van der Waals surface area contributed by atoms with Crippen LogP contribution < -0.4 is 10.1 Å². The highest BCUT2D eigenvalue weighted by Crippen LogP contribution is 2.22. The molecule has 1 unspecified atom stereocenters. The van der Waals surface area contributed by atoms with Gasteiger partial charge in [-0.1, -0.05) is 0 Å². The zero-order valence-corrected chi connectivity index (χ0v) is 10.4. The molecule has 1 amide bonds. The molecule has 0 spiro atoms. The molecule has 0 aromatic heterocycles. The number of carboxylic acid groups (broad SMARTS) is 1. The van der Waals surface area contributed by atoms with E-state index in [1.165, 1.54) is 32.4 Å². The van der Waals surface area contributed by atoms with Crippen molar-refractivity contribution in [1.29, 1.82) is 0 Å². The summed E-state index contributed by atoms with van der Waals surface area (Å²) in [7, 11) is 2.85. The van der Waals surface area contributed by atoms with Crippen LogP contribution in [0.3, 0.4) is 0 Å². The summed E-state index contributed by atoms with van der Waals surface area (Å²) in [6.45, 7) is 1.57. The summed E-state index contributed by atoms with van der Waals surface area (Å²) in [6, 6.07) is 4.33. The molecule has 0 radical (unpaired) electrons. The van der Waals surface area contributed by atoms with Crippen LogP contribution in [0.25, 0.3) is 0 Å². The Morgan fingerprint density at radius 1 is 1.33 bits per heavy atom. The summed E-state index contributed by atoms with van der Waals surface area (Å²) in [4.78, 5) is 22.7. The Labute approximate surface area is 105 Å². The van der Waals surface area contributed by atoms with E-state index in [1.54, 1.807) is 6.92 Å². The summed E-state index contributed by atoms with van der Waals surface area (Å²) in [5.74, 6) is -1.09. The molecule has 1 rings (SSSR count). The van der Waals surface area contributed by atoms with Crippen LogP contribution in [-0.4, -0.2) is 37.3 Å². The van der Waals surface area contributed by atoms with E-state index < -0.39 is 18.0 Å². The molecule has 1 aromatic rings. The lowest BCUT2D eigenvalue weighted by molar-refractivity contribution is -0.124. The Morgan fingerprint density at radius 2 is 2.00 bits per heavy atom. The summed E-state index contributed by atoms with van der Waals surface area (Å²) in [6.07, 6.45) is -0.669. The highest BCUT2D eigenvalue weighted by atomic mass is 16.5. The third-order valence-corrected chi connectivity index (χ3v) is 2.44. The number of hydrogen-bond acceptors (Lipinski definition) is 4. The number of carbonyl (C=O) groups excluding carboxylic acids is 1. The predicted octanol–water partition coefficient (Wildman–Crippen LogP) is 1.37. The van der Waals surface area contributed by atoms with Crippen LogP contribution in [0, 0.1) is 0 Å². The summed E-state index contributed by atoms with van der Waals surface area (Å²) < 4.78 is 9.83. The average Bonchev–Trinajstić information content (AvgIpc) is 2.37.